The third kappa shape index (κ3) is 5.35. The minimum absolute atomic E-state index is 0.162. The first-order chi connectivity index (χ1) is 16.2. The van der Waals surface area contributed by atoms with Crippen molar-refractivity contribution in [1.82, 2.24) is 30.1 Å². The molecule has 1 aliphatic rings. The van der Waals surface area contributed by atoms with Gasteiger partial charge in [0, 0.05) is 44.6 Å². The summed E-state index contributed by atoms with van der Waals surface area (Å²) in [7, 11) is 0. The van der Waals surface area contributed by atoms with Gasteiger partial charge in [-0.05, 0) is 17.9 Å². The molecule has 5 rings (SSSR count). The highest BCUT2D eigenvalue weighted by Crippen LogP contribution is 2.22. The second-order valence-electron chi connectivity index (χ2n) is 7.88. The fourth-order valence-electron chi connectivity index (χ4n) is 3.78. The molecule has 1 aromatic carbocycles. The zero-order chi connectivity index (χ0) is 22.5. The second-order valence-corrected chi connectivity index (χ2v) is 8.82. The van der Waals surface area contributed by atoms with Crippen LogP contribution in [0, 0.1) is 0 Å². The fourth-order valence-corrected chi connectivity index (χ4v) is 4.43. The Hall–Kier alpha value is -3.37. The predicted molar refractivity (Wildman–Crippen MR) is 122 cm³/mol. The number of carbonyl (C=O) groups excluding carboxylic acids is 1. The van der Waals surface area contributed by atoms with Crippen LogP contribution in [0.4, 0.5) is 0 Å². The average Bonchev–Trinajstić information content (AvgIpc) is 3.62. The van der Waals surface area contributed by atoms with E-state index in [4.69, 9.17) is 9.05 Å². The molecule has 0 unspecified atom stereocenters. The molecule has 1 amide bonds. The van der Waals surface area contributed by atoms with Crippen molar-refractivity contribution in [3.05, 3.63) is 59.6 Å². The van der Waals surface area contributed by atoms with Crippen molar-refractivity contribution in [2.75, 3.05) is 26.2 Å². The van der Waals surface area contributed by atoms with Gasteiger partial charge in [-0.3, -0.25) is 9.69 Å². The van der Waals surface area contributed by atoms with Gasteiger partial charge in [-0.15, -0.1) is 11.3 Å². The summed E-state index contributed by atoms with van der Waals surface area (Å²) in [5.74, 6) is 2.54. The number of rotatable bonds is 8. The molecule has 0 radical (unpaired) electrons. The second kappa shape index (κ2) is 10.1. The number of hydrogen-bond donors (Lipinski definition) is 0. The van der Waals surface area contributed by atoms with Crippen LogP contribution in [-0.4, -0.2) is 62.2 Å². The molecule has 0 aliphatic carbocycles. The van der Waals surface area contributed by atoms with Gasteiger partial charge < -0.3 is 13.9 Å². The molecule has 10 heteroatoms. The molecule has 4 aromatic rings. The van der Waals surface area contributed by atoms with E-state index in [0.717, 1.165) is 23.5 Å². The Balaban J connectivity index is 1.04. The van der Waals surface area contributed by atoms with Crippen molar-refractivity contribution in [1.29, 1.82) is 0 Å². The molecule has 9 nitrogen and oxygen atoms in total. The first kappa shape index (κ1) is 21.5. The van der Waals surface area contributed by atoms with Gasteiger partial charge in [0.25, 0.3) is 0 Å². The molecule has 0 N–H and O–H groups in total. The largest absolute Gasteiger partial charge is 0.340 e. The number of nitrogens with zero attached hydrogens (tertiary/aromatic N) is 6. The van der Waals surface area contributed by atoms with Crippen LogP contribution in [0.5, 0.6) is 0 Å². The Bertz CT molecular complexity index is 1170. The number of piperazine rings is 1. The summed E-state index contributed by atoms with van der Waals surface area (Å²) in [6.45, 7) is 3.56. The highest BCUT2D eigenvalue weighted by molar-refractivity contribution is 7.13. The highest BCUT2D eigenvalue weighted by atomic mass is 32.1. The number of hydrogen-bond acceptors (Lipinski definition) is 9. The third-order valence-electron chi connectivity index (χ3n) is 5.57. The number of aryl methyl sites for hydroxylation is 1. The van der Waals surface area contributed by atoms with E-state index in [1.165, 1.54) is 0 Å². The molecular weight excluding hydrogens is 440 g/mol. The quantitative estimate of drug-likeness (QED) is 0.390. The summed E-state index contributed by atoms with van der Waals surface area (Å²) < 4.78 is 10.7. The molecule has 33 heavy (non-hydrogen) atoms. The van der Waals surface area contributed by atoms with E-state index in [2.05, 4.69) is 25.2 Å². The third-order valence-corrected chi connectivity index (χ3v) is 6.44. The summed E-state index contributed by atoms with van der Waals surface area (Å²) in [4.78, 5) is 26.7. The normalized spacial score (nSPS) is 14.6. The zero-order valence-corrected chi connectivity index (χ0v) is 18.9. The van der Waals surface area contributed by atoms with Crippen molar-refractivity contribution >= 4 is 17.2 Å². The lowest BCUT2D eigenvalue weighted by atomic mass is 10.2. The molecule has 0 saturated carbocycles. The maximum Gasteiger partial charge on any atom is 0.241 e. The van der Waals surface area contributed by atoms with Gasteiger partial charge in [0.15, 0.2) is 0 Å². The summed E-state index contributed by atoms with van der Waals surface area (Å²) in [6.07, 6.45) is 1.75. The van der Waals surface area contributed by atoms with E-state index in [-0.39, 0.29) is 5.91 Å². The van der Waals surface area contributed by atoms with E-state index in [1.807, 2.05) is 52.7 Å². The molecule has 1 saturated heterocycles. The van der Waals surface area contributed by atoms with Crippen molar-refractivity contribution in [3.63, 3.8) is 0 Å². The van der Waals surface area contributed by atoms with Gasteiger partial charge in [-0.2, -0.15) is 9.97 Å². The smallest absolute Gasteiger partial charge is 0.241 e. The zero-order valence-electron chi connectivity index (χ0n) is 18.1. The van der Waals surface area contributed by atoms with Crippen LogP contribution in [0.2, 0.25) is 0 Å². The lowest BCUT2D eigenvalue weighted by Gasteiger charge is -2.34. The van der Waals surface area contributed by atoms with Crippen LogP contribution in [0.25, 0.3) is 22.1 Å². The molecule has 0 atom stereocenters. The maximum absolute atomic E-state index is 12.6. The van der Waals surface area contributed by atoms with Gasteiger partial charge in [0.1, 0.15) is 0 Å². The van der Waals surface area contributed by atoms with Crippen LogP contribution in [0.3, 0.4) is 0 Å². The van der Waals surface area contributed by atoms with Crippen LogP contribution >= 0.6 is 11.3 Å². The van der Waals surface area contributed by atoms with Crippen molar-refractivity contribution in [2.24, 2.45) is 0 Å². The average molecular weight is 465 g/mol. The van der Waals surface area contributed by atoms with E-state index in [1.54, 1.807) is 11.3 Å². The predicted octanol–water partition coefficient (Wildman–Crippen LogP) is 3.52. The van der Waals surface area contributed by atoms with Crippen LogP contribution in [-0.2, 0) is 17.8 Å². The number of aromatic nitrogens is 4. The molecule has 3 aromatic heterocycles. The van der Waals surface area contributed by atoms with Gasteiger partial charge in [-0.25, -0.2) is 0 Å². The van der Waals surface area contributed by atoms with Gasteiger partial charge >= 0.3 is 0 Å². The highest BCUT2D eigenvalue weighted by Gasteiger charge is 2.22. The molecule has 0 spiro atoms. The van der Waals surface area contributed by atoms with Crippen LogP contribution in [0.1, 0.15) is 24.6 Å². The summed E-state index contributed by atoms with van der Waals surface area (Å²) >= 11 is 1.59. The topological polar surface area (TPSA) is 101 Å². The van der Waals surface area contributed by atoms with Crippen molar-refractivity contribution in [2.45, 2.75) is 25.8 Å². The maximum atomic E-state index is 12.6. The Morgan fingerprint density at radius 1 is 0.909 bits per heavy atom. The number of benzene rings is 1. The monoisotopic (exact) mass is 464 g/mol. The van der Waals surface area contributed by atoms with E-state index < -0.39 is 0 Å². The Morgan fingerprint density at radius 3 is 2.45 bits per heavy atom. The Morgan fingerprint density at radius 2 is 1.67 bits per heavy atom. The molecule has 170 valence electrons. The lowest BCUT2D eigenvalue weighted by Crippen LogP contribution is -2.48. The van der Waals surface area contributed by atoms with Gasteiger partial charge in [-0.1, -0.05) is 46.7 Å². The van der Waals surface area contributed by atoms with E-state index >= 15 is 0 Å². The van der Waals surface area contributed by atoms with Crippen molar-refractivity contribution in [3.8, 4) is 22.1 Å². The minimum Gasteiger partial charge on any atom is -0.340 e. The molecule has 4 heterocycles. The molecule has 1 aliphatic heterocycles. The number of carbonyl (C=O) groups is 1. The first-order valence-corrected chi connectivity index (χ1v) is 11.9. The van der Waals surface area contributed by atoms with Crippen LogP contribution in [0.15, 0.2) is 56.9 Å². The summed E-state index contributed by atoms with van der Waals surface area (Å²) in [5.41, 5.74) is 0.921. The molecule has 0 bridgehead atoms. The molecular formula is C23H24N6O3S. The minimum atomic E-state index is 0.162. The fraction of sp³-hybridized carbons (Fsp3) is 0.348. The van der Waals surface area contributed by atoms with Crippen LogP contribution < -0.4 is 0 Å². The van der Waals surface area contributed by atoms with Gasteiger partial charge in [0.2, 0.25) is 29.3 Å². The van der Waals surface area contributed by atoms with E-state index in [9.17, 15) is 4.79 Å². The van der Waals surface area contributed by atoms with Gasteiger partial charge in [0.05, 0.1) is 11.4 Å². The van der Waals surface area contributed by atoms with Crippen molar-refractivity contribution < 1.29 is 13.8 Å². The lowest BCUT2D eigenvalue weighted by molar-refractivity contribution is -0.133. The SMILES string of the molecule is O=C(CCCc1nc(-c2ccccc2)no1)N1CCN(Cc2nc(-c3cccs3)no2)CC1. The number of thiophene rings is 1. The Labute approximate surface area is 195 Å². The standard InChI is InChI=1S/C23H24N6O3S/c30-21(10-4-9-19-24-22(26-31-19)17-6-2-1-3-7-17)29-13-11-28(12-14-29)16-20-25-23(27-32-20)18-8-5-15-33-18/h1-3,5-8,15H,4,9-14,16H2. The number of amides is 1. The van der Waals surface area contributed by atoms with E-state index in [0.29, 0.717) is 62.3 Å². The summed E-state index contributed by atoms with van der Waals surface area (Å²) in [5, 5.41) is 10.1. The Kier molecular flexibility index (Phi) is 6.54. The molecule has 1 fully saturated rings. The summed E-state index contributed by atoms with van der Waals surface area (Å²) in [6, 6.07) is 13.7. The first-order valence-electron chi connectivity index (χ1n) is 11.0.